The van der Waals surface area contributed by atoms with Gasteiger partial charge in [-0.3, -0.25) is 13.9 Å². The van der Waals surface area contributed by atoms with Crippen LogP contribution in [0.4, 0.5) is 5.82 Å². The van der Waals surface area contributed by atoms with Gasteiger partial charge in [-0.2, -0.15) is 5.26 Å². The van der Waals surface area contributed by atoms with Gasteiger partial charge in [-0.05, 0) is 80.8 Å². The van der Waals surface area contributed by atoms with Crippen LogP contribution in [0.1, 0.15) is 67.4 Å². The number of benzene rings is 4. The van der Waals surface area contributed by atoms with Gasteiger partial charge in [0.1, 0.15) is 41.7 Å². The van der Waals surface area contributed by atoms with Crippen molar-refractivity contribution in [3.63, 3.8) is 0 Å². The van der Waals surface area contributed by atoms with Crippen LogP contribution in [0, 0.1) is 11.3 Å². The number of methoxy groups -OCH3 is 3. The Hall–Kier alpha value is -5.90. The molecule has 3 heterocycles. The molecule has 18 heteroatoms. The number of nitrogens with one attached hydrogen (secondary N) is 1. The minimum atomic E-state index is -2.22. The lowest BCUT2D eigenvalue weighted by molar-refractivity contribution is -0.172. The highest BCUT2D eigenvalue weighted by Crippen LogP contribution is 2.46. The number of nitrogens with zero attached hydrogens (tertiary/aromatic N) is 6. The number of hydrogen-bond donors (Lipinski definition) is 2. The third kappa shape index (κ3) is 11.2. The number of carbonyl (C=O) groups excluding carboxylic acids is 1. The molecule has 1 amide bonds. The highest BCUT2D eigenvalue weighted by Gasteiger charge is 2.51. The molecule has 0 aliphatic carbocycles. The number of aromatic nitrogens is 4. The van der Waals surface area contributed by atoms with E-state index in [-0.39, 0.29) is 50.1 Å². The first-order valence-electron chi connectivity index (χ1n) is 22.3. The molecule has 1 aliphatic heterocycles. The Labute approximate surface area is 397 Å². The van der Waals surface area contributed by atoms with Gasteiger partial charge in [-0.25, -0.2) is 19.6 Å². The maximum absolute atomic E-state index is 13.3. The molecule has 1 aliphatic rings. The molecular weight excluding hydrogens is 890 g/mol. The molecule has 1 fully saturated rings. The minimum absolute atomic E-state index is 0.0831. The Morgan fingerprint density at radius 2 is 1.44 bits per heavy atom. The van der Waals surface area contributed by atoms with Gasteiger partial charge in [0.25, 0.3) is 14.4 Å². The first-order valence-corrected chi connectivity index (χ1v) is 23.4. The maximum Gasteiger partial charge on any atom is 0.258 e. The zero-order valence-electron chi connectivity index (χ0n) is 39.2. The van der Waals surface area contributed by atoms with Gasteiger partial charge in [-0.15, -0.1) is 0 Å². The number of ether oxygens (including phenoxy) is 7. The van der Waals surface area contributed by atoms with E-state index in [1.807, 2.05) is 117 Å². The number of carbonyl (C=O) groups is 1. The average molecular weight is 948 g/mol. The third-order valence-electron chi connectivity index (χ3n) is 11.5. The van der Waals surface area contributed by atoms with Crippen molar-refractivity contribution in [3.05, 3.63) is 144 Å². The Balaban J connectivity index is 1.34. The number of hydrogen-bond acceptors (Lipinski definition) is 15. The largest absolute Gasteiger partial charge is 0.497 e. The fraction of sp³-hybridized carbons (Fsp3) is 0.380. The van der Waals surface area contributed by atoms with Crippen molar-refractivity contribution in [2.75, 3.05) is 46.5 Å². The molecule has 358 valence electrons. The van der Waals surface area contributed by atoms with E-state index in [1.165, 1.54) is 12.7 Å². The van der Waals surface area contributed by atoms with E-state index < -0.39 is 45.0 Å². The van der Waals surface area contributed by atoms with E-state index in [4.69, 9.17) is 37.7 Å². The van der Waals surface area contributed by atoms with Crippen LogP contribution in [-0.2, 0) is 33.8 Å². The molecule has 68 heavy (non-hydrogen) atoms. The zero-order valence-corrected chi connectivity index (χ0v) is 40.1. The van der Waals surface area contributed by atoms with E-state index >= 15 is 0 Å². The average Bonchev–Trinajstić information content (AvgIpc) is 3.94. The van der Waals surface area contributed by atoms with Gasteiger partial charge in [0.15, 0.2) is 29.5 Å². The highest BCUT2D eigenvalue weighted by molar-refractivity contribution is 7.43. The van der Waals surface area contributed by atoms with Crippen molar-refractivity contribution >= 4 is 31.4 Å². The molecule has 2 aromatic heterocycles. The molecule has 17 nitrogen and oxygen atoms in total. The first kappa shape index (κ1) is 50.0. The van der Waals surface area contributed by atoms with Crippen molar-refractivity contribution in [2.24, 2.45) is 0 Å². The number of fused-ring (bicyclic) bond motifs is 1. The van der Waals surface area contributed by atoms with E-state index in [1.54, 1.807) is 50.2 Å². The fourth-order valence-electron chi connectivity index (χ4n) is 8.37. The monoisotopic (exact) mass is 947 g/mol. The van der Waals surface area contributed by atoms with Gasteiger partial charge >= 0.3 is 0 Å². The lowest BCUT2D eigenvalue weighted by Gasteiger charge is -2.38. The summed E-state index contributed by atoms with van der Waals surface area (Å²) in [5.41, 5.74) is 2.21. The number of rotatable bonds is 23. The summed E-state index contributed by atoms with van der Waals surface area (Å²) in [6.45, 7) is 8.06. The summed E-state index contributed by atoms with van der Waals surface area (Å²) in [6.07, 6.45) is -2.48. The molecule has 2 unspecified atom stereocenters. The molecule has 0 spiro atoms. The lowest BCUT2D eigenvalue weighted by atomic mass is 9.80. The molecule has 6 atom stereocenters. The van der Waals surface area contributed by atoms with E-state index in [9.17, 15) is 14.9 Å². The summed E-state index contributed by atoms with van der Waals surface area (Å²) >= 11 is 0. The van der Waals surface area contributed by atoms with E-state index in [0.717, 1.165) is 16.7 Å². The third-order valence-corrected chi connectivity index (χ3v) is 13.2. The minimum Gasteiger partial charge on any atom is -0.497 e. The van der Waals surface area contributed by atoms with Gasteiger partial charge < -0.3 is 43.4 Å². The maximum atomic E-state index is 13.3. The fourth-order valence-corrected chi connectivity index (χ4v) is 9.60. The molecule has 2 N–H and O–H groups in total. The second-order valence-electron chi connectivity index (χ2n) is 16.4. The lowest BCUT2D eigenvalue weighted by Crippen LogP contribution is -2.44. The van der Waals surface area contributed by atoms with Crippen LogP contribution in [0.2, 0.25) is 0 Å². The van der Waals surface area contributed by atoms with Crippen LogP contribution in [0.5, 0.6) is 11.5 Å². The summed E-state index contributed by atoms with van der Waals surface area (Å²) < 4.78 is 54.3. The normalized spacial score (nSPS) is 18.2. The smallest absolute Gasteiger partial charge is 0.258 e. The van der Waals surface area contributed by atoms with Gasteiger partial charge in [-0.1, -0.05) is 72.8 Å². The number of imidazole rings is 1. The SMILES string of the molecule is COCCO[C@@H]1[C@H](OC(CC#N)OP(O)N(C(C)C)C(C)C)[C@@H](COC(c2ccccc2)(c2ccc(OC)cc2)c2ccc(OC)cc2)O[C@H]1n1cnc2c(NC(=O)c3ccccc3)ncnc21. The molecular formula is C50H58N7O10P. The van der Waals surface area contributed by atoms with E-state index in [2.05, 4.69) is 26.3 Å². The molecule has 7 rings (SSSR count). The molecule has 1 saturated heterocycles. The standard InChI is InChI=1S/C50H58N7O10P/c1-33(2)57(34(3)4)68(59)67-42(26-27-51)66-44-41(30-64-50(36-16-12-9-13-17-36,37-18-22-39(61-6)23-19-37)38-20-24-40(62-7)25-21-38)65-49(45(44)63-29-28-60-5)56-32-54-43-46(52-31-53-47(43)56)55-48(58)35-14-10-8-11-15-35/h8-25,31-34,41-42,44-45,49,59H,26,28-30H2,1-7H3,(H,52,53,55,58)/t41-,42?,44-,45-,49-,68?/m1/s1. The van der Waals surface area contributed by atoms with Crippen LogP contribution in [0.25, 0.3) is 11.2 Å². The second-order valence-corrected chi connectivity index (χ2v) is 17.6. The molecule has 0 radical (unpaired) electrons. The summed E-state index contributed by atoms with van der Waals surface area (Å²) in [6, 6.07) is 36.0. The highest BCUT2D eigenvalue weighted by atomic mass is 31.2. The van der Waals surface area contributed by atoms with Gasteiger partial charge in [0.2, 0.25) is 0 Å². The number of anilines is 1. The number of nitriles is 1. The van der Waals surface area contributed by atoms with Crippen LogP contribution < -0.4 is 14.8 Å². The summed E-state index contributed by atoms with van der Waals surface area (Å²) in [7, 11) is 2.57. The summed E-state index contributed by atoms with van der Waals surface area (Å²) in [4.78, 5) is 38.5. The Bertz CT molecular complexity index is 2510. The van der Waals surface area contributed by atoms with Crippen LogP contribution in [-0.4, -0.2) is 113 Å². The molecule has 0 bridgehead atoms. The van der Waals surface area contributed by atoms with Gasteiger partial charge in [0.05, 0.1) is 52.9 Å². The molecule has 6 aromatic rings. The summed E-state index contributed by atoms with van der Waals surface area (Å²) in [5.74, 6) is 1.14. The van der Waals surface area contributed by atoms with Crippen LogP contribution in [0.3, 0.4) is 0 Å². The van der Waals surface area contributed by atoms with E-state index in [0.29, 0.717) is 28.2 Å². The van der Waals surface area contributed by atoms with Crippen molar-refractivity contribution in [1.29, 1.82) is 5.26 Å². The number of amides is 1. The second kappa shape index (κ2) is 23.4. The van der Waals surface area contributed by atoms with Crippen molar-refractivity contribution in [3.8, 4) is 17.6 Å². The first-order chi connectivity index (χ1) is 33.0. The Kier molecular flexibility index (Phi) is 17.2. The topological polar surface area (TPSA) is 194 Å². The Morgan fingerprint density at radius 3 is 2.01 bits per heavy atom. The van der Waals surface area contributed by atoms with Gasteiger partial charge in [0, 0.05) is 24.8 Å². The predicted octanol–water partition coefficient (Wildman–Crippen LogP) is 8.01. The van der Waals surface area contributed by atoms with Crippen molar-refractivity contribution in [2.45, 2.75) is 82.6 Å². The van der Waals surface area contributed by atoms with Crippen LogP contribution in [0.15, 0.2) is 122 Å². The predicted molar refractivity (Wildman–Crippen MR) is 255 cm³/mol. The molecule has 0 saturated carbocycles. The van der Waals surface area contributed by atoms with Crippen LogP contribution >= 0.6 is 8.53 Å². The van der Waals surface area contributed by atoms with Crippen molar-refractivity contribution in [1.82, 2.24) is 24.2 Å². The van der Waals surface area contributed by atoms with Crippen molar-refractivity contribution < 1.29 is 47.4 Å². The quantitative estimate of drug-likeness (QED) is 0.0271. The zero-order chi connectivity index (χ0) is 48.2. The molecule has 4 aromatic carbocycles. The summed E-state index contributed by atoms with van der Waals surface area (Å²) in [5, 5.41) is 13.0. The Morgan fingerprint density at radius 1 is 0.838 bits per heavy atom.